The number of carbonyl (C=O) groups is 1. The third-order valence-corrected chi connectivity index (χ3v) is 5.85. The predicted molar refractivity (Wildman–Crippen MR) is 107 cm³/mol. The van der Waals surface area contributed by atoms with Crippen LogP contribution >= 0.6 is 11.6 Å². The summed E-state index contributed by atoms with van der Waals surface area (Å²) >= 11 is 5.87. The molecule has 2 fully saturated rings. The molecule has 1 heterocycles. The molecule has 27 heavy (non-hydrogen) atoms. The fourth-order valence-electron chi connectivity index (χ4n) is 4.00. The van der Waals surface area contributed by atoms with Crippen molar-refractivity contribution in [1.82, 2.24) is 9.80 Å². The fraction of sp³-hybridized carbons (Fsp3) is 0.667. The maximum Gasteiger partial charge on any atom is 0.225 e. The molecule has 3 rings (SSSR count). The van der Waals surface area contributed by atoms with Crippen molar-refractivity contribution in [3.63, 3.8) is 0 Å². The van der Waals surface area contributed by atoms with Gasteiger partial charge in [0.2, 0.25) is 5.91 Å². The summed E-state index contributed by atoms with van der Waals surface area (Å²) in [5.74, 6) is 0.596. The summed E-state index contributed by atoms with van der Waals surface area (Å²) in [7, 11) is 0. The summed E-state index contributed by atoms with van der Waals surface area (Å²) in [6.45, 7) is 4.56. The van der Waals surface area contributed by atoms with E-state index < -0.39 is 6.10 Å². The van der Waals surface area contributed by atoms with E-state index in [1.165, 1.54) is 19.3 Å². The molecule has 1 saturated heterocycles. The predicted octanol–water partition coefficient (Wildman–Crippen LogP) is 2.94. The summed E-state index contributed by atoms with van der Waals surface area (Å²) in [5.41, 5.74) is 1.04. The smallest absolute Gasteiger partial charge is 0.225 e. The maximum atomic E-state index is 12.6. The van der Waals surface area contributed by atoms with E-state index in [4.69, 9.17) is 16.3 Å². The van der Waals surface area contributed by atoms with Crippen LogP contribution in [0.5, 0.6) is 0 Å². The van der Waals surface area contributed by atoms with Gasteiger partial charge in [-0.2, -0.15) is 0 Å². The van der Waals surface area contributed by atoms with Gasteiger partial charge in [0.25, 0.3) is 0 Å². The van der Waals surface area contributed by atoms with Crippen LogP contribution in [0.15, 0.2) is 24.3 Å². The zero-order valence-corrected chi connectivity index (χ0v) is 16.7. The largest absolute Gasteiger partial charge is 0.389 e. The molecule has 1 aliphatic heterocycles. The number of ether oxygens (including phenoxy) is 1. The Hall–Kier alpha value is -1.14. The van der Waals surface area contributed by atoms with Gasteiger partial charge in [-0.25, -0.2) is 0 Å². The number of aliphatic hydroxyl groups excluding tert-OH is 1. The van der Waals surface area contributed by atoms with Gasteiger partial charge in [0.05, 0.1) is 19.3 Å². The topological polar surface area (TPSA) is 53.0 Å². The van der Waals surface area contributed by atoms with Crippen LogP contribution < -0.4 is 0 Å². The van der Waals surface area contributed by atoms with Gasteiger partial charge in [0.15, 0.2) is 0 Å². The van der Waals surface area contributed by atoms with Gasteiger partial charge < -0.3 is 14.7 Å². The van der Waals surface area contributed by atoms with Crippen LogP contribution in [-0.2, 0) is 16.1 Å². The van der Waals surface area contributed by atoms with E-state index in [1.807, 2.05) is 29.2 Å². The third-order valence-electron chi connectivity index (χ3n) is 5.60. The van der Waals surface area contributed by atoms with Crippen molar-refractivity contribution in [3.05, 3.63) is 34.9 Å². The van der Waals surface area contributed by atoms with Gasteiger partial charge >= 0.3 is 0 Å². The Labute approximate surface area is 167 Å². The van der Waals surface area contributed by atoms with E-state index in [-0.39, 0.29) is 5.92 Å². The number of aliphatic hydroxyl groups is 1. The Kier molecular flexibility index (Phi) is 7.94. The van der Waals surface area contributed by atoms with Gasteiger partial charge in [-0.05, 0) is 30.5 Å². The quantitative estimate of drug-likeness (QED) is 0.772. The number of hydrogen-bond acceptors (Lipinski definition) is 4. The van der Waals surface area contributed by atoms with Crippen molar-refractivity contribution in [2.45, 2.75) is 44.8 Å². The first-order valence-corrected chi connectivity index (χ1v) is 10.5. The van der Waals surface area contributed by atoms with Gasteiger partial charge in [0, 0.05) is 43.7 Å². The van der Waals surface area contributed by atoms with Crippen molar-refractivity contribution < 1.29 is 14.6 Å². The molecular weight excluding hydrogens is 364 g/mol. The Morgan fingerprint density at radius 2 is 1.78 bits per heavy atom. The number of nitrogens with zero attached hydrogens (tertiary/aromatic N) is 2. The van der Waals surface area contributed by atoms with E-state index in [1.54, 1.807) is 0 Å². The highest BCUT2D eigenvalue weighted by Gasteiger charge is 2.28. The van der Waals surface area contributed by atoms with Gasteiger partial charge in [-0.1, -0.05) is 43.0 Å². The lowest BCUT2D eigenvalue weighted by Crippen LogP contribution is -2.52. The zero-order valence-electron chi connectivity index (χ0n) is 16.0. The Morgan fingerprint density at radius 1 is 1.11 bits per heavy atom. The number of amides is 1. The molecule has 1 N–H and O–H groups in total. The second-order valence-corrected chi connectivity index (χ2v) is 8.19. The number of rotatable bonds is 7. The molecular formula is C21H31ClN2O3. The van der Waals surface area contributed by atoms with E-state index in [9.17, 15) is 9.90 Å². The molecule has 1 unspecified atom stereocenters. The van der Waals surface area contributed by atoms with Gasteiger partial charge in [0.1, 0.15) is 0 Å². The lowest BCUT2D eigenvalue weighted by molar-refractivity contribution is -0.138. The summed E-state index contributed by atoms with van der Waals surface area (Å²) in [4.78, 5) is 16.9. The first-order valence-electron chi connectivity index (χ1n) is 10.1. The van der Waals surface area contributed by atoms with Crippen LogP contribution in [0.1, 0.15) is 37.7 Å². The minimum atomic E-state index is -0.516. The normalized spacial score (nSPS) is 20.6. The van der Waals surface area contributed by atoms with Crippen LogP contribution in [-0.4, -0.2) is 66.2 Å². The highest BCUT2D eigenvalue weighted by molar-refractivity contribution is 6.30. The maximum absolute atomic E-state index is 12.6. The van der Waals surface area contributed by atoms with Crippen LogP contribution in [0.4, 0.5) is 0 Å². The van der Waals surface area contributed by atoms with Crippen LogP contribution in [0.2, 0.25) is 5.02 Å². The molecule has 0 aromatic heterocycles. The van der Waals surface area contributed by atoms with E-state index in [0.717, 1.165) is 44.6 Å². The van der Waals surface area contributed by atoms with Gasteiger partial charge in [-0.15, -0.1) is 0 Å². The summed E-state index contributed by atoms with van der Waals surface area (Å²) in [6, 6.07) is 7.53. The van der Waals surface area contributed by atoms with Crippen molar-refractivity contribution >= 4 is 17.5 Å². The number of carbonyl (C=O) groups excluding carboxylic acids is 1. The fourth-order valence-corrected chi connectivity index (χ4v) is 4.13. The third kappa shape index (κ3) is 6.46. The molecule has 6 heteroatoms. The van der Waals surface area contributed by atoms with E-state index in [2.05, 4.69) is 4.90 Å². The Morgan fingerprint density at radius 3 is 2.44 bits per heavy atom. The minimum Gasteiger partial charge on any atom is -0.389 e. The highest BCUT2D eigenvalue weighted by Crippen LogP contribution is 2.25. The van der Waals surface area contributed by atoms with E-state index >= 15 is 0 Å². The Bertz CT molecular complexity index is 582. The monoisotopic (exact) mass is 394 g/mol. The summed E-state index contributed by atoms with van der Waals surface area (Å²) < 4.78 is 5.62. The summed E-state index contributed by atoms with van der Waals surface area (Å²) in [6.07, 6.45) is 5.26. The molecule has 5 nitrogen and oxygen atoms in total. The number of β-amino-alcohol motifs (C(OH)–C–C–N with tert-alkyl or cyclic N) is 1. The number of benzene rings is 1. The second kappa shape index (κ2) is 10.4. The SMILES string of the molecule is O=C(C1CCCCC1)N1CCN(CC(O)COCc2ccc(Cl)cc2)CC1. The zero-order chi connectivity index (χ0) is 19.1. The Balaban J connectivity index is 1.32. The number of halogens is 1. The molecule has 2 aliphatic rings. The average Bonchev–Trinajstić information content (AvgIpc) is 2.70. The molecule has 1 aromatic carbocycles. The van der Waals surface area contributed by atoms with Crippen molar-refractivity contribution in [3.8, 4) is 0 Å². The molecule has 0 bridgehead atoms. The van der Waals surface area contributed by atoms with Crippen molar-refractivity contribution in [2.24, 2.45) is 5.92 Å². The molecule has 1 saturated carbocycles. The number of hydrogen-bond donors (Lipinski definition) is 1. The highest BCUT2D eigenvalue weighted by atomic mass is 35.5. The first-order chi connectivity index (χ1) is 13.1. The van der Waals surface area contributed by atoms with Crippen LogP contribution in [0, 0.1) is 5.92 Å². The average molecular weight is 395 g/mol. The van der Waals surface area contributed by atoms with Crippen molar-refractivity contribution in [1.29, 1.82) is 0 Å². The molecule has 1 amide bonds. The molecule has 0 spiro atoms. The molecule has 1 aromatic rings. The minimum absolute atomic E-state index is 0.247. The molecule has 1 aliphatic carbocycles. The van der Waals surface area contributed by atoms with Crippen LogP contribution in [0.3, 0.4) is 0 Å². The molecule has 1 atom stereocenters. The van der Waals surface area contributed by atoms with E-state index in [0.29, 0.717) is 30.7 Å². The number of piperazine rings is 1. The molecule has 0 radical (unpaired) electrons. The standard InChI is InChI=1S/C21H31ClN2O3/c22-19-8-6-17(7-9-19)15-27-16-20(25)14-23-10-12-24(13-11-23)21(26)18-4-2-1-3-5-18/h6-9,18,20,25H,1-5,10-16H2. The lowest BCUT2D eigenvalue weighted by atomic mass is 9.88. The van der Waals surface area contributed by atoms with Crippen molar-refractivity contribution in [2.75, 3.05) is 39.3 Å². The second-order valence-electron chi connectivity index (χ2n) is 7.76. The van der Waals surface area contributed by atoms with Gasteiger partial charge in [-0.3, -0.25) is 9.69 Å². The summed E-state index contributed by atoms with van der Waals surface area (Å²) in [5, 5.41) is 10.9. The first kappa shape index (κ1) is 20.6. The lowest BCUT2D eigenvalue weighted by Gasteiger charge is -2.37. The molecule has 150 valence electrons. The van der Waals surface area contributed by atoms with Crippen LogP contribution in [0.25, 0.3) is 0 Å².